The second-order valence-electron chi connectivity index (χ2n) is 5.80. The zero-order valence-electron chi connectivity index (χ0n) is 14.7. The summed E-state index contributed by atoms with van der Waals surface area (Å²) in [5.74, 6) is 1.39. The topological polar surface area (TPSA) is 39.7 Å². The molecule has 2 N–H and O–H groups in total. The molecular formula is C17H32N4S. The van der Waals surface area contributed by atoms with Gasteiger partial charge in [0.25, 0.3) is 0 Å². The highest BCUT2D eigenvalue weighted by Gasteiger charge is 2.08. The van der Waals surface area contributed by atoms with Crippen LogP contribution >= 0.6 is 11.3 Å². The smallest absolute Gasteiger partial charge is 0.191 e. The van der Waals surface area contributed by atoms with Crippen LogP contribution in [-0.2, 0) is 0 Å². The van der Waals surface area contributed by atoms with Gasteiger partial charge in [0, 0.05) is 36.5 Å². The molecular weight excluding hydrogens is 292 g/mol. The first kappa shape index (κ1) is 19.0. The van der Waals surface area contributed by atoms with Crippen LogP contribution in [0, 0.1) is 0 Å². The molecule has 0 aliphatic heterocycles. The van der Waals surface area contributed by atoms with Crippen LogP contribution in [0.15, 0.2) is 22.5 Å². The normalized spacial score (nSPS) is 14.9. The maximum Gasteiger partial charge on any atom is 0.191 e. The van der Waals surface area contributed by atoms with Crippen molar-refractivity contribution in [2.75, 3.05) is 33.2 Å². The lowest BCUT2D eigenvalue weighted by molar-refractivity contribution is 0.255. The molecule has 1 rings (SSSR count). The largest absolute Gasteiger partial charge is 0.357 e. The third-order valence-corrected chi connectivity index (χ3v) is 5.10. The van der Waals surface area contributed by atoms with E-state index < -0.39 is 0 Å². The van der Waals surface area contributed by atoms with Crippen LogP contribution in [0.5, 0.6) is 0 Å². The quantitative estimate of drug-likeness (QED) is 0.541. The Labute approximate surface area is 140 Å². The summed E-state index contributed by atoms with van der Waals surface area (Å²) in [6, 6.07) is 4.92. The Hall–Kier alpha value is -1.07. The molecule has 0 fully saturated rings. The van der Waals surface area contributed by atoms with Crippen LogP contribution in [0.2, 0.25) is 0 Å². The zero-order chi connectivity index (χ0) is 16.4. The lowest BCUT2D eigenvalue weighted by atomic mass is 10.1. The molecule has 0 bridgehead atoms. The third kappa shape index (κ3) is 6.79. The Balaban J connectivity index is 2.42. The molecule has 1 aromatic rings. The second kappa shape index (κ2) is 10.6. The van der Waals surface area contributed by atoms with Crippen molar-refractivity contribution in [3.8, 4) is 0 Å². The van der Waals surface area contributed by atoms with E-state index in [9.17, 15) is 0 Å². The number of hydrogen-bond donors (Lipinski definition) is 2. The predicted octanol–water partition coefficient (Wildman–Crippen LogP) is 3.14. The van der Waals surface area contributed by atoms with E-state index in [0.717, 1.165) is 32.1 Å². The van der Waals surface area contributed by atoms with Gasteiger partial charge in [-0.3, -0.25) is 4.99 Å². The van der Waals surface area contributed by atoms with E-state index in [0.29, 0.717) is 12.0 Å². The number of likely N-dealkylation sites (N-methyl/N-ethyl adjacent to an activating group) is 1. The molecule has 1 heterocycles. The van der Waals surface area contributed by atoms with Crippen molar-refractivity contribution in [1.29, 1.82) is 0 Å². The Morgan fingerprint density at radius 1 is 1.32 bits per heavy atom. The second-order valence-corrected chi connectivity index (χ2v) is 6.78. The van der Waals surface area contributed by atoms with Gasteiger partial charge in [-0.15, -0.1) is 11.3 Å². The van der Waals surface area contributed by atoms with Gasteiger partial charge < -0.3 is 15.5 Å². The fourth-order valence-corrected chi connectivity index (χ4v) is 2.89. The van der Waals surface area contributed by atoms with Crippen molar-refractivity contribution in [1.82, 2.24) is 15.5 Å². The summed E-state index contributed by atoms with van der Waals surface area (Å²) in [6.07, 6.45) is 1.18. The van der Waals surface area contributed by atoms with Gasteiger partial charge in [0.15, 0.2) is 5.96 Å². The Morgan fingerprint density at radius 3 is 2.68 bits per heavy atom. The Morgan fingerprint density at radius 2 is 2.09 bits per heavy atom. The van der Waals surface area contributed by atoms with Gasteiger partial charge in [-0.25, -0.2) is 0 Å². The molecule has 2 unspecified atom stereocenters. The fourth-order valence-electron chi connectivity index (χ4n) is 2.11. The van der Waals surface area contributed by atoms with E-state index >= 15 is 0 Å². The van der Waals surface area contributed by atoms with Crippen molar-refractivity contribution >= 4 is 17.3 Å². The minimum absolute atomic E-state index is 0.471. The van der Waals surface area contributed by atoms with E-state index in [1.165, 1.54) is 11.3 Å². The SMILES string of the molecule is CCNC(=NCC(C)c1cccs1)NCCN(C)C(C)CC. The first-order chi connectivity index (χ1) is 10.6. The molecule has 0 saturated heterocycles. The summed E-state index contributed by atoms with van der Waals surface area (Å²) < 4.78 is 0. The number of rotatable bonds is 9. The van der Waals surface area contributed by atoms with E-state index in [1.807, 2.05) is 0 Å². The number of nitrogens with zero attached hydrogens (tertiary/aromatic N) is 2. The molecule has 0 saturated carbocycles. The molecule has 2 atom stereocenters. The van der Waals surface area contributed by atoms with E-state index in [1.54, 1.807) is 11.3 Å². The number of thiophene rings is 1. The molecule has 22 heavy (non-hydrogen) atoms. The van der Waals surface area contributed by atoms with Gasteiger partial charge in [0.05, 0.1) is 6.54 Å². The van der Waals surface area contributed by atoms with Gasteiger partial charge in [-0.05, 0) is 38.8 Å². The van der Waals surface area contributed by atoms with E-state index in [2.05, 4.69) is 67.8 Å². The summed E-state index contributed by atoms with van der Waals surface area (Å²) in [5, 5.41) is 8.88. The van der Waals surface area contributed by atoms with E-state index in [-0.39, 0.29) is 0 Å². The Kier molecular flexibility index (Phi) is 9.16. The minimum atomic E-state index is 0.471. The fraction of sp³-hybridized carbons (Fsp3) is 0.706. The van der Waals surface area contributed by atoms with Crippen LogP contribution in [0.4, 0.5) is 0 Å². The summed E-state index contributed by atoms with van der Waals surface area (Å²) in [5.41, 5.74) is 0. The van der Waals surface area contributed by atoms with Gasteiger partial charge >= 0.3 is 0 Å². The zero-order valence-corrected chi connectivity index (χ0v) is 15.5. The summed E-state index contributed by atoms with van der Waals surface area (Å²) in [4.78, 5) is 8.49. The first-order valence-electron chi connectivity index (χ1n) is 8.34. The standard InChI is InChI=1S/C17H32N4S/c1-6-15(4)21(5)11-10-19-17(18-7-2)20-13-14(3)16-9-8-12-22-16/h8-9,12,14-15H,6-7,10-11,13H2,1-5H3,(H2,18,19,20). The number of hydrogen-bond acceptors (Lipinski definition) is 3. The van der Waals surface area contributed by atoms with Gasteiger partial charge in [0.2, 0.25) is 0 Å². The van der Waals surface area contributed by atoms with Gasteiger partial charge in [-0.2, -0.15) is 0 Å². The average Bonchev–Trinajstić information content (AvgIpc) is 3.05. The van der Waals surface area contributed by atoms with Crippen LogP contribution < -0.4 is 10.6 Å². The molecule has 4 nitrogen and oxygen atoms in total. The minimum Gasteiger partial charge on any atom is -0.357 e. The highest BCUT2D eigenvalue weighted by molar-refractivity contribution is 7.10. The van der Waals surface area contributed by atoms with Crippen LogP contribution in [0.3, 0.4) is 0 Å². The maximum absolute atomic E-state index is 4.71. The molecule has 0 spiro atoms. The van der Waals surface area contributed by atoms with Crippen LogP contribution in [0.25, 0.3) is 0 Å². The molecule has 0 amide bonds. The lowest BCUT2D eigenvalue weighted by Crippen LogP contribution is -2.42. The lowest BCUT2D eigenvalue weighted by Gasteiger charge is -2.24. The van der Waals surface area contributed by atoms with Crippen molar-refractivity contribution in [3.63, 3.8) is 0 Å². The Bertz CT molecular complexity index is 416. The van der Waals surface area contributed by atoms with Gasteiger partial charge in [-0.1, -0.05) is 19.9 Å². The van der Waals surface area contributed by atoms with Crippen molar-refractivity contribution in [2.45, 2.75) is 46.1 Å². The van der Waals surface area contributed by atoms with Crippen molar-refractivity contribution in [3.05, 3.63) is 22.4 Å². The van der Waals surface area contributed by atoms with Crippen LogP contribution in [0.1, 0.15) is 44.9 Å². The summed E-state index contributed by atoms with van der Waals surface area (Å²) >= 11 is 1.81. The molecule has 0 aliphatic carbocycles. The number of nitrogens with one attached hydrogen (secondary N) is 2. The molecule has 0 aliphatic rings. The number of guanidine groups is 1. The monoisotopic (exact) mass is 324 g/mol. The molecule has 0 aromatic carbocycles. The maximum atomic E-state index is 4.71. The molecule has 5 heteroatoms. The summed E-state index contributed by atoms with van der Waals surface area (Å²) in [7, 11) is 2.18. The first-order valence-corrected chi connectivity index (χ1v) is 9.22. The summed E-state index contributed by atoms with van der Waals surface area (Å²) in [6.45, 7) is 12.5. The average molecular weight is 325 g/mol. The predicted molar refractivity (Wildman–Crippen MR) is 99.1 cm³/mol. The molecule has 0 radical (unpaired) electrons. The van der Waals surface area contributed by atoms with Crippen LogP contribution in [-0.4, -0.2) is 50.1 Å². The van der Waals surface area contributed by atoms with E-state index in [4.69, 9.17) is 4.99 Å². The van der Waals surface area contributed by atoms with Crippen molar-refractivity contribution in [2.24, 2.45) is 4.99 Å². The third-order valence-electron chi connectivity index (χ3n) is 4.00. The number of aliphatic imine (C=N–C) groups is 1. The van der Waals surface area contributed by atoms with Gasteiger partial charge in [0.1, 0.15) is 0 Å². The van der Waals surface area contributed by atoms with Crippen molar-refractivity contribution < 1.29 is 0 Å². The highest BCUT2D eigenvalue weighted by atomic mass is 32.1. The highest BCUT2D eigenvalue weighted by Crippen LogP contribution is 2.20. The molecule has 1 aromatic heterocycles. The molecule has 126 valence electrons.